The molecular formula is C19H21ClN2O3S. The van der Waals surface area contributed by atoms with Crippen LogP contribution in [0.1, 0.15) is 36.0 Å². The lowest BCUT2D eigenvalue weighted by Gasteiger charge is -2.19. The monoisotopic (exact) mass is 392 g/mol. The van der Waals surface area contributed by atoms with Crippen molar-refractivity contribution in [1.82, 2.24) is 4.31 Å². The molecule has 2 aromatic carbocycles. The Morgan fingerprint density at radius 3 is 2.50 bits per heavy atom. The summed E-state index contributed by atoms with van der Waals surface area (Å²) in [4.78, 5) is 13.1. The summed E-state index contributed by atoms with van der Waals surface area (Å²) in [7, 11) is -1.31. The third kappa shape index (κ3) is 4.63. The fourth-order valence-electron chi connectivity index (χ4n) is 2.93. The van der Waals surface area contributed by atoms with Gasteiger partial charge in [0, 0.05) is 24.8 Å². The summed E-state index contributed by atoms with van der Waals surface area (Å²) in [6.07, 6.45) is 4.38. The quantitative estimate of drug-likeness (QED) is 0.819. The van der Waals surface area contributed by atoms with Gasteiger partial charge in [0.25, 0.3) is 5.91 Å². The number of carbonyl (C=O) groups is 1. The normalized spacial score (nSPS) is 16.7. The molecular weight excluding hydrogens is 372 g/mol. The zero-order valence-electron chi connectivity index (χ0n) is 14.3. The van der Waals surface area contributed by atoms with Gasteiger partial charge in [-0.1, -0.05) is 30.5 Å². The molecule has 3 rings (SSSR count). The highest BCUT2D eigenvalue weighted by molar-refractivity contribution is 7.82. The van der Waals surface area contributed by atoms with Crippen LogP contribution in [0.5, 0.6) is 5.75 Å². The highest BCUT2D eigenvalue weighted by Gasteiger charge is 2.20. The molecule has 1 fully saturated rings. The molecule has 1 heterocycles. The molecule has 26 heavy (non-hydrogen) atoms. The Morgan fingerprint density at radius 2 is 1.81 bits per heavy atom. The minimum atomic E-state index is -1.31. The molecule has 1 amide bonds. The molecule has 2 aromatic rings. The van der Waals surface area contributed by atoms with Crippen LogP contribution in [0.25, 0.3) is 0 Å². The lowest BCUT2D eigenvalue weighted by atomic mass is 10.2. The minimum Gasteiger partial charge on any atom is -0.508 e. The maximum absolute atomic E-state index is 12.9. The van der Waals surface area contributed by atoms with Gasteiger partial charge in [-0.3, -0.25) is 4.79 Å². The number of nitrogens with one attached hydrogen (secondary N) is 1. The van der Waals surface area contributed by atoms with E-state index in [0.29, 0.717) is 15.6 Å². The number of hydrogen-bond acceptors (Lipinski definition) is 3. The number of anilines is 1. The van der Waals surface area contributed by atoms with E-state index < -0.39 is 16.9 Å². The second-order valence-corrected chi connectivity index (χ2v) is 8.13. The summed E-state index contributed by atoms with van der Waals surface area (Å²) < 4.78 is 14.8. The van der Waals surface area contributed by atoms with Gasteiger partial charge in [0.1, 0.15) is 16.7 Å². The van der Waals surface area contributed by atoms with Gasteiger partial charge >= 0.3 is 0 Å². The van der Waals surface area contributed by atoms with Crippen molar-refractivity contribution in [3.63, 3.8) is 0 Å². The maximum Gasteiger partial charge on any atom is 0.257 e. The fraction of sp³-hybridized carbons (Fsp3) is 0.316. The van der Waals surface area contributed by atoms with E-state index in [1.54, 1.807) is 30.3 Å². The first-order valence-corrected chi connectivity index (χ1v) is 10.1. The highest BCUT2D eigenvalue weighted by atomic mass is 35.5. The van der Waals surface area contributed by atoms with E-state index >= 15 is 0 Å². The van der Waals surface area contributed by atoms with E-state index in [1.165, 1.54) is 12.1 Å². The Labute approximate surface area is 160 Å². The molecule has 0 aliphatic carbocycles. The van der Waals surface area contributed by atoms with Gasteiger partial charge in [-0.15, -0.1) is 0 Å². The van der Waals surface area contributed by atoms with E-state index in [0.717, 1.165) is 38.8 Å². The van der Waals surface area contributed by atoms with Gasteiger partial charge < -0.3 is 10.4 Å². The summed E-state index contributed by atoms with van der Waals surface area (Å²) in [5, 5.41) is 12.5. The van der Waals surface area contributed by atoms with Gasteiger partial charge in [-0.05, 0) is 43.2 Å². The topological polar surface area (TPSA) is 69.6 Å². The number of phenolic OH excluding ortho intramolecular Hbond substituents is 1. The van der Waals surface area contributed by atoms with Crippen LogP contribution < -0.4 is 5.32 Å². The van der Waals surface area contributed by atoms with E-state index in [1.807, 2.05) is 4.31 Å². The fourth-order valence-corrected chi connectivity index (χ4v) is 4.42. The average molecular weight is 393 g/mol. The van der Waals surface area contributed by atoms with Crippen LogP contribution in [0.15, 0.2) is 47.4 Å². The largest absolute Gasteiger partial charge is 0.508 e. The Bertz CT molecular complexity index is 820. The van der Waals surface area contributed by atoms with Crippen LogP contribution in [0.2, 0.25) is 5.02 Å². The maximum atomic E-state index is 12.9. The summed E-state index contributed by atoms with van der Waals surface area (Å²) in [6.45, 7) is 1.58. The smallest absolute Gasteiger partial charge is 0.257 e. The van der Waals surface area contributed by atoms with Crippen LogP contribution >= 0.6 is 11.6 Å². The molecule has 1 aliphatic heterocycles. The molecule has 0 bridgehead atoms. The van der Waals surface area contributed by atoms with Gasteiger partial charge in [0.15, 0.2) is 0 Å². The summed E-state index contributed by atoms with van der Waals surface area (Å²) in [5.41, 5.74) is 0.723. The van der Waals surface area contributed by atoms with Crippen molar-refractivity contribution < 1.29 is 14.1 Å². The van der Waals surface area contributed by atoms with Gasteiger partial charge in [-0.2, -0.15) is 0 Å². The van der Waals surface area contributed by atoms with E-state index in [2.05, 4.69) is 5.32 Å². The van der Waals surface area contributed by atoms with Gasteiger partial charge in [0.05, 0.1) is 15.5 Å². The Hall–Kier alpha value is -1.89. The van der Waals surface area contributed by atoms with Crippen LogP contribution in [0.4, 0.5) is 5.69 Å². The molecule has 7 heteroatoms. The average Bonchev–Trinajstić information content (AvgIpc) is 2.91. The number of carbonyl (C=O) groups excluding carboxylic acids is 1. The number of amides is 1. The Kier molecular flexibility index (Phi) is 6.29. The van der Waals surface area contributed by atoms with E-state index in [-0.39, 0.29) is 11.3 Å². The molecule has 0 aromatic heterocycles. The molecule has 0 spiro atoms. The van der Waals surface area contributed by atoms with Crippen molar-refractivity contribution in [1.29, 1.82) is 0 Å². The second kappa shape index (κ2) is 8.66. The molecule has 138 valence electrons. The van der Waals surface area contributed by atoms with Crippen LogP contribution in [-0.2, 0) is 11.0 Å². The number of halogens is 1. The number of hydrogen-bond donors (Lipinski definition) is 2. The molecule has 1 aliphatic rings. The first kappa shape index (κ1) is 18.9. The van der Waals surface area contributed by atoms with Crippen molar-refractivity contribution in [2.45, 2.75) is 30.6 Å². The van der Waals surface area contributed by atoms with E-state index in [9.17, 15) is 14.1 Å². The first-order chi connectivity index (χ1) is 12.5. The van der Waals surface area contributed by atoms with Crippen molar-refractivity contribution in [3.8, 4) is 5.75 Å². The molecule has 0 saturated carbocycles. The number of nitrogens with zero attached hydrogens (tertiary/aromatic N) is 1. The predicted octanol–water partition coefficient (Wildman–Crippen LogP) is 4.20. The Morgan fingerprint density at radius 1 is 1.08 bits per heavy atom. The lowest BCUT2D eigenvalue weighted by Crippen LogP contribution is -2.27. The summed E-state index contributed by atoms with van der Waals surface area (Å²) in [6, 6.07) is 11.2. The van der Waals surface area contributed by atoms with Gasteiger partial charge in [-0.25, -0.2) is 8.51 Å². The van der Waals surface area contributed by atoms with Gasteiger partial charge in [0.2, 0.25) is 0 Å². The van der Waals surface area contributed by atoms with Crippen LogP contribution in [0.3, 0.4) is 0 Å². The van der Waals surface area contributed by atoms with Crippen molar-refractivity contribution in [2.75, 3.05) is 18.4 Å². The number of phenols is 1. The number of benzene rings is 2. The molecule has 1 saturated heterocycles. The Balaban J connectivity index is 1.80. The number of aromatic hydroxyl groups is 1. The van der Waals surface area contributed by atoms with Crippen LogP contribution in [0, 0.1) is 0 Å². The second-order valence-electron chi connectivity index (χ2n) is 6.24. The van der Waals surface area contributed by atoms with Crippen molar-refractivity contribution >= 4 is 34.2 Å². The lowest BCUT2D eigenvalue weighted by molar-refractivity contribution is 0.102. The third-order valence-corrected chi connectivity index (χ3v) is 6.11. The van der Waals surface area contributed by atoms with E-state index in [4.69, 9.17) is 11.6 Å². The standard InChI is InChI=1S/C19H21ClN2O3S/c20-18-9-8-16(26(25)22-10-3-1-2-4-11-22)13-17(18)19(24)21-14-6-5-7-15(23)12-14/h5-9,12-13,23H,1-4,10-11H2,(H,21,24). The molecule has 5 nitrogen and oxygen atoms in total. The van der Waals surface area contributed by atoms with Crippen molar-refractivity contribution in [2.24, 2.45) is 0 Å². The molecule has 1 atom stereocenters. The van der Waals surface area contributed by atoms with Crippen molar-refractivity contribution in [3.05, 3.63) is 53.1 Å². The highest BCUT2D eigenvalue weighted by Crippen LogP contribution is 2.24. The third-order valence-electron chi connectivity index (χ3n) is 4.29. The predicted molar refractivity (Wildman–Crippen MR) is 104 cm³/mol. The SMILES string of the molecule is O=C(Nc1cccc(O)c1)c1cc(S(=O)N2CCCCCC2)ccc1Cl. The first-order valence-electron chi connectivity index (χ1n) is 8.61. The molecule has 0 radical (unpaired) electrons. The molecule has 2 N–H and O–H groups in total. The zero-order valence-corrected chi connectivity index (χ0v) is 15.9. The number of rotatable bonds is 4. The summed E-state index contributed by atoms with van der Waals surface area (Å²) >= 11 is 6.18. The summed E-state index contributed by atoms with van der Waals surface area (Å²) in [5.74, 6) is -0.347. The minimum absolute atomic E-state index is 0.0601. The molecule has 1 unspecified atom stereocenters. The zero-order chi connectivity index (χ0) is 18.5. The van der Waals surface area contributed by atoms with Crippen LogP contribution in [-0.4, -0.2) is 32.6 Å².